The lowest BCUT2D eigenvalue weighted by atomic mass is 10.2. The van der Waals surface area contributed by atoms with Crippen LogP contribution in [0, 0.1) is 0 Å². The molecule has 122 valence electrons. The molecule has 1 amide bonds. The normalized spacial score (nSPS) is 11.5. The molecule has 9 heteroatoms. The van der Waals surface area contributed by atoms with Gasteiger partial charge in [-0.15, -0.1) is 0 Å². The summed E-state index contributed by atoms with van der Waals surface area (Å²) in [7, 11) is -3.39. The number of amides is 1. The largest absolute Gasteiger partial charge is 0.319 e. The molecule has 0 aliphatic heterocycles. The summed E-state index contributed by atoms with van der Waals surface area (Å²) >= 11 is 5.97. The lowest BCUT2D eigenvalue weighted by Gasteiger charge is -2.09. The second-order valence-corrected chi connectivity index (χ2v) is 7.56. The third kappa shape index (κ3) is 4.23. The van der Waals surface area contributed by atoms with E-state index in [4.69, 9.17) is 11.6 Å². The Hall–Kier alpha value is -2.06. The van der Waals surface area contributed by atoms with Crippen LogP contribution in [0.15, 0.2) is 29.6 Å². The summed E-state index contributed by atoms with van der Waals surface area (Å²) in [6.07, 6.45) is 3.69. The Morgan fingerprint density at radius 3 is 2.43 bits per heavy atom. The van der Waals surface area contributed by atoms with Gasteiger partial charge in [0, 0.05) is 12.2 Å². The lowest BCUT2D eigenvalue weighted by molar-refractivity contribution is 0.102. The van der Waals surface area contributed by atoms with Crippen LogP contribution in [0.2, 0.25) is 5.02 Å². The van der Waals surface area contributed by atoms with Crippen molar-refractivity contribution in [2.24, 2.45) is 0 Å². The van der Waals surface area contributed by atoms with E-state index in [2.05, 4.69) is 20.3 Å². The molecule has 2 aromatic rings. The molecule has 0 aromatic carbocycles. The number of carbonyl (C=O) groups excluding carboxylic acids is 1. The smallest absolute Gasteiger partial charge is 0.275 e. The van der Waals surface area contributed by atoms with E-state index in [1.165, 1.54) is 24.5 Å². The molecule has 0 radical (unpaired) electrons. The van der Waals surface area contributed by atoms with Crippen LogP contribution in [0.5, 0.6) is 0 Å². The van der Waals surface area contributed by atoms with Gasteiger partial charge in [-0.3, -0.25) is 4.79 Å². The van der Waals surface area contributed by atoms with Crippen LogP contribution >= 0.6 is 11.6 Å². The van der Waals surface area contributed by atoms with Crippen LogP contribution in [0.4, 0.5) is 5.69 Å². The number of hydrogen-bond acceptors (Lipinski definition) is 6. The van der Waals surface area contributed by atoms with Gasteiger partial charge < -0.3 is 5.32 Å². The molecule has 0 aliphatic rings. The van der Waals surface area contributed by atoms with Gasteiger partial charge in [0.15, 0.2) is 20.6 Å². The highest BCUT2D eigenvalue weighted by Gasteiger charge is 2.16. The number of nitrogens with zero attached hydrogens (tertiary/aromatic N) is 3. The van der Waals surface area contributed by atoms with Gasteiger partial charge in [0.2, 0.25) is 0 Å². The molecular formula is C14H15ClN4O3S. The maximum atomic E-state index is 12.3. The molecule has 0 atom stereocenters. The quantitative estimate of drug-likeness (QED) is 0.903. The third-order valence-corrected chi connectivity index (χ3v) is 4.15. The van der Waals surface area contributed by atoms with E-state index >= 15 is 0 Å². The Bertz CT molecular complexity index is 836. The van der Waals surface area contributed by atoms with Crippen molar-refractivity contribution in [1.29, 1.82) is 0 Å². The Morgan fingerprint density at radius 1 is 1.22 bits per heavy atom. The van der Waals surface area contributed by atoms with Crippen molar-refractivity contribution in [3.63, 3.8) is 0 Å². The van der Waals surface area contributed by atoms with Gasteiger partial charge in [0.05, 0.1) is 23.1 Å². The first-order valence-corrected chi connectivity index (χ1v) is 8.95. The minimum absolute atomic E-state index is 0.0505. The number of carbonyl (C=O) groups is 1. The first-order valence-electron chi connectivity index (χ1n) is 6.68. The van der Waals surface area contributed by atoms with Crippen molar-refractivity contribution < 1.29 is 13.2 Å². The Morgan fingerprint density at radius 2 is 1.91 bits per heavy atom. The summed E-state index contributed by atoms with van der Waals surface area (Å²) < 4.78 is 22.7. The van der Waals surface area contributed by atoms with E-state index in [0.29, 0.717) is 11.5 Å². The highest BCUT2D eigenvalue weighted by atomic mass is 35.5. The van der Waals surface area contributed by atoms with Crippen molar-refractivity contribution in [3.05, 3.63) is 41.1 Å². The molecule has 0 saturated carbocycles. The number of pyridine rings is 1. The zero-order valence-corrected chi connectivity index (χ0v) is 14.3. The monoisotopic (exact) mass is 354 g/mol. The molecule has 0 saturated heterocycles. The summed E-state index contributed by atoms with van der Waals surface area (Å²) in [4.78, 5) is 24.3. The van der Waals surface area contributed by atoms with E-state index in [0.717, 1.165) is 6.26 Å². The molecular weight excluding hydrogens is 340 g/mol. The van der Waals surface area contributed by atoms with Crippen LogP contribution < -0.4 is 5.32 Å². The number of aromatic nitrogens is 3. The molecule has 23 heavy (non-hydrogen) atoms. The van der Waals surface area contributed by atoms with E-state index in [1.807, 2.05) is 13.8 Å². The van der Waals surface area contributed by atoms with Crippen LogP contribution in [-0.2, 0) is 9.84 Å². The fourth-order valence-electron chi connectivity index (χ4n) is 1.68. The summed E-state index contributed by atoms with van der Waals surface area (Å²) in [5.74, 6) is 0.0350. The lowest BCUT2D eigenvalue weighted by Crippen LogP contribution is -2.16. The molecule has 1 N–H and O–H groups in total. The minimum atomic E-state index is -3.39. The number of halogens is 1. The Balaban J connectivity index is 2.24. The van der Waals surface area contributed by atoms with Crippen LogP contribution in [0.25, 0.3) is 0 Å². The molecule has 2 rings (SSSR count). The first-order chi connectivity index (χ1) is 10.7. The van der Waals surface area contributed by atoms with Gasteiger partial charge in [-0.2, -0.15) is 0 Å². The number of hydrogen-bond donors (Lipinski definition) is 1. The van der Waals surface area contributed by atoms with Crippen molar-refractivity contribution in [2.75, 3.05) is 11.6 Å². The predicted octanol–water partition coefficient (Wildman–Crippen LogP) is 2.30. The van der Waals surface area contributed by atoms with E-state index in [-0.39, 0.29) is 21.7 Å². The summed E-state index contributed by atoms with van der Waals surface area (Å²) in [6, 6.07) is 2.76. The van der Waals surface area contributed by atoms with E-state index in [1.54, 1.807) is 0 Å². The number of rotatable bonds is 4. The van der Waals surface area contributed by atoms with Gasteiger partial charge in [-0.05, 0) is 12.1 Å². The zero-order valence-electron chi connectivity index (χ0n) is 12.7. The topological polar surface area (TPSA) is 102 Å². The molecule has 2 heterocycles. The third-order valence-electron chi connectivity index (χ3n) is 2.87. The maximum Gasteiger partial charge on any atom is 0.275 e. The fraction of sp³-hybridized carbons (Fsp3) is 0.286. The summed E-state index contributed by atoms with van der Waals surface area (Å²) in [5.41, 5.74) is 0.390. The van der Waals surface area contributed by atoms with Crippen LogP contribution in [0.1, 0.15) is 36.1 Å². The Kier molecular flexibility index (Phi) is 4.96. The maximum absolute atomic E-state index is 12.3. The van der Waals surface area contributed by atoms with Crippen LogP contribution in [0.3, 0.4) is 0 Å². The van der Waals surface area contributed by atoms with Gasteiger partial charge >= 0.3 is 0 Å². The highest BCUT2D eigenvalue weighted by molar-refractivity contribution is 7.90. The van der Waals surface area contributed by atoms with Gasteiger partial charge in [-0.25, -0.2) is 23.4 Å². The molecule has 0 fully saturated rings. The second kappa shape index (κ2) is 6.59. The van der Waals surface area contributed by atoms with Gasteiger partial charge in [0.1, 0.15) is 5.82 Å². The molecule has 0 unspecified atom stereocenters. The first kappa shape index (κ1) is 17.3. The molecule has 0 bridgehead atoms. The van der Waals surface area contributed by atoms with Gasteiger partial charge in [-0.1, -0.05) is 25.4 Å². The average Bonchev–Trinajstić information content (AvgIpc) is 2.47. The SMILES string of the molecule is CC(C)c1ncc(Cl)c(C(=O)Nc2ccc(S(C)(=O)=O)nc2)n1. The molecule has 7 nitrogen and oxygen atoms in total. The highest BCUT2D eigenvalue weighted by Crippen LogP contribution is 2.18. The average molecular weight is 355 g/mol. The molecule has 2 aromatic heterocycles. The Labute approximate surface area is 139 Å². The van der Waals surface area contributed by atoms with Crippen molar-refractivity contribution in [1.82, 2.24) is 15.0 Å². The number of anilines is 1. The fourth-order valence-corrected chi connectivity index (χ4v) is 2.42. The predicted molar refractivity (Wildman–Crippen MR) is 86.4 cm³/mol. The number of sulfone groups is 1. The number of nitrogens with one attached hydrogen (secondary N) is 1. The van der Waals surface area contributed by atoms with Crippen LogP contribution in [-0.4, -0.2) is 35.5 Å². The van der Waals surface area contributed by atoms with Crippen molar-refractivity contribution >= 4 is 33.0 Å². The zero-order chi connectivity index (χ0) is 17.2. The summed E-state index contributed by atoms with van der Waals surface area (Å²) in [5, 5.41) is 2.63. The summed E-state index contributed by atoms with van der Waals surface area (Å²) in [6.45, 7) is 3.80. The van der Waals surface area contributed by atoms with Crippen molar-refractivity contribution in [3.8, 4) is 0 Å². The van der Waals surface area contributed by atoms with Gasteiger partial charge in [0.25, 0.3) is 5.91 Å². The molecule has 0 spiro atoms. The standard InChI is InChI=1S/C14H15ClN4O3S/c1-8(2)13-17-7-10(15)12(19-13)14(20)18-9-4-5-11(16-6-9)23(3,21)22/h4-8H,1-3H3,(H,18,20). The van der Waals surface area contributed by atoms with E-state index in [9.17, 15) is 13.2 Å². The molecule has 0 aliphatic carbocycles. The second-order valence-electron chi connectivity index (χ2n) is 5.19. The minimum Gasteiger partial charge on any atom is -0.319 e. The van der Waals surface area contributed by atoms with Crippen molar-refractivity contribution in [2.45, 2.75) is 24.8 Å². The van der Waals surface area contributed by atoms with E-state index < -0.39 is 15.7 Å².